The van der Waals surface area contributed by atoms with Gasteiger partial charge in [-0.3, -0.25) is 9.59 Å². The van der Waals surface area contributed by atoms with Crippen LogP contribution in [-0.4, -0.2) is 69.8 Å². The summed E-state index contributed by atoms with van der Waals surface area (Å²) in [5, 5.41) is 15.6. The first kappa shape index (κ1) is 32.0. The van der Waals surface area contributed by atoms with Crippen LogP contribution in [0.15, 0.2) is 54.6 Å². The molecule has 45 heavy (non-hydrogen) atoms. The highest BCUT2D eigenvalue weighted by atomic mass is 19.1. The molecule has 0 spiro atoms. The van der Waals surface area contributed by atoms with E-state index in [0.717, 1.165) is 5.56 Å². The third kappa shape index (κ3) is 7.46. The zero-order chi connectivity index (χ0) is 32.3. The maximum atomic E-state index is 14.0. The average Bonchev–Trinajstić information content (AvgIpc) is 3.64. The summed E-state index contributed by atoms with van der Waals surface area (Å²) >= 11 is 0. The van der Waals surface area contributed by atoms with Gasteiger partial charge in [-0.15, -0.1) is 0 Å². The summed E-state index contributed by atoms with van der Waals surface area (Å²) in [5.74, 6) is -2.09. The number of fused-ring (bicyclic) bond motifs is 1. The van der Waals surface area contributed by atoms with E-state index >= 15 is 0 Å². The van der Waals surface area contributed by atoms with Crippen LogP contribution in [0, 0.1) is 11.8 Å². The Hall–Kier alpha value is -4.41. The summed E-state index contributed by atoms with van der Waals surface area (Å²) < 4.78 is 19.3. The van der Waals surface area contributed by atoms with E-state index in [4.69, 9.17) is 4.74 Å². The Balaban J connectivity index is 1.29. The van der Waals surface area contributed by atoms with Crippen LogP contribution in [0.1, 0.15) is 74.8 Å². The number of carboxylic acid groups (broad SMARTS) is 1. The van der Waals surface area contributed by atoms with Crippen molar-refractivity contribution in [2.45, 2.75) is 76.5 Å². The van der Waals surface area contributed by atoms with Gasteiger partial charge in [0.2, 0.25) is 11.8 Å². The molecule has 1 aliphatic carbocycles. The highest BCUT2D eigenvalue weighted by molar-refractivity contribution is 6.01. The van der Waals surface area contributed by atoms with Crippen molar-refractivity contribution < 1.29 is 33.4 Å². The van der Waals surface area contributed by atoms with Crippen molar-refractivity contribution >= 4 is 40.5 Å². The molecule has 2 heterocycles. The summed E-state index contributed by atoms with van der Waals surface area (Å²) in [7, 11) is 0. The van der Waals surface area contributed by atoms with Gasteiger partial charge in [0.25, 0.3) is 0 Å². The number of carbonyl (C=O) groups is 4. The molecule has 4 N–H and O–H groups in total. The number of likely N-dealkylation sites (tertiary alicyclic amines) is 1. The van der Waals surface area contributed by atoms with Gasteiger partial charge in [0.15, 0.2) is 0 Å². The number of alkyl carbamates (subject to hydrolysis) is 1. The summed E-state index contributed by atoms with van der Waals surface area (Å²) in [6.07, 6.45) is 2.19. The normalized spacial score (nSPS) is 22.5. The lowest BCUT2D eigenvalue weighted by Crippen LogP contribution is -2.49. The number of aromatic carboxylic acids is 1. The van der Waals surface area contributed by atoms with E-state index in [9.17, 15) is 28.7 Å². The molecule has 240 valence electrons. The molecule has 10 nitrogen and oxygen atoms in total. The molecule has 0 radical (unpaired) electrons. The molecule has 3 aromatic rings. The number of H-pyrrole nitrogens is 1. The maximum Gasteiger partial charge on any atom is 0.407 e. The van der Waals surface area contributed by atoms with Gasteiger partial charge in [-0.2, -0.15) is 0 Å². The van der Waals surface area contributed by atoms with E-state index in [1.54, 1.807) is 43.9 Å². The summed E-state index contributed by atoms with van der Waals surface area (Å²) in [5.41, 5.74) is 1.48. The number of ether oxygens (including phenoxy) is 1. The van der Waals surface area contributed by atoms with Crippen molar-refractivity contribution in [3.63, 3.8) is 0 Å². The number of nitrogens with zero attached hydrogens (tertiary/aromatic N) is 1. The molecule has 0 unspecified atom stereocenters. The first-order chi connectivity index (χ1) is 21.4. The predicted molar refractivity (Wildman–Crippen MR) is 168 cm³/mol. The van der Waals surface area contributed by atoms with Crippen LogP contribution in [0.2, 0.25) is 0 Å². The lowest BCUT2D eigenvalue weighted by atomic mass is 9.78. The number of nitrogens with one attached hydrogen (secondary N) is 3. The van der Waals surface area contributed by atoms with Gasteiger partial charge < -0.3 is 30.4 Å². The molecule has 11 heteroatoms. The van der Waals surface area contributed by atoms with Gasteiger partial charge in [-0.1, -0.05) is 30.3 Å². The van der Waals surface area contributed by atoms with Crippen LogP contribution in [0.25, 0.3) is 10.9 Å². The smallest absolute Gasteiger partial charge is 0.407 e. The van der Waals surface area contributed by atoms with E-state index in [1.807, 2.05) is 30.3 Å². The van der Waals surface area contributed by atoms with Crippen LogP contribution < -0.4 is 10.6 Å². The van der Waals surface area contributed by atoms with Crippen molar-refractivity contribution in [2.24, 2.45) is 11.8 Å². The zero-order valence-electron chi connectivity index (χ0n) is 25.8. The van der Waals surface area contributed by atoms with Gasteiger partial charge >= 0.3 is 12.1 Å². The Labute approximate surface area is 261 Å². The number of hydrogen-bond acceptors (Lipinski definition) is 5. The van der Waals surface area contributed by atoms with E-state index < -0.39 is 36.4 Å². The third-order valence-corrected chi connectivity index (χ3v) is 8.85. The molecule has 1 aromatic heterocycles. The topological polar surface area (TPSA) is 141 Å². The second-order valence-corrected chi connectivity index (χ2v) is 13.1. The second kappa shape index (κ2) is 13.3. The number of benzene rings is 2. The molecule has 1 saturated carbocycles. The molecule has 3 atom stereocenters. The van der Waals surface area contributed by atoms with Crippen molar-refractivity contribution in [1.82, 2.24) is 15.2 Å². The minimum Gasteiger partial charge on any atom is -0.477 e. The molecule has 1 saturated heterocycles. The van der Waals surface area contributed by atoms with E-state index in [0.29, 0.717) is 55.2 Å². The number of carbonyl (C=O) groups excluding carboxylic acids is 3. The molecule has 2 fully saturated rings. The molecule has 1 aliphatic heterocycles. The van der Waals surface area contributed by atoms with Crippen LogP contribution in [0.5, 0.6) is 0 Å². The van der Waals surface area contributed by atoms with Crippen molar-refractivity contribution in [3.05, 3.63) is 65.9 Å². The van der Waals surface area contributed by atoms with Crippen LogP contribution in [0.4, 0.5) is 14.9 Å². The Kier molecular flexibility index (Phi) is 9.45. The Bertz CT molecular complexity index is 1540. The van der Waals surface area contributed by atoms with E-state index in [2.05, 4.69) is 15.6 Å². The number of alkyl halides is 1. The number of hydrogen-bond donors (Lipinski definition) is 4. The molecule has 2 aliphatic rings. The fourth-order valence-electron chi connectivity index (χ4n) is 6.70. The molecule has 2 aromatic carbocycles. The minimum absolute atomic E-state index is 0.0540. The first-order valence-corrected chi connectivity index (χ1v) is 15.5. The van der Waals surface area contributed by atoms with E-state index in [-0.39, 0.29) is 35.3 Å². The highest BCUT2D eigenvalue weighted by Gasteiger charge is 2.45. The van der Waals surface area contributed by atoms with Crippen molar-refractivity contribution in [1.29, 1.82) is 0 Å². The van der Waals surface area contributed by atoms with Crippen molar-refractivity contribution in [3.8, 4) is 0 Å². The van der Waals surface area contributed by atoms with Gasteiger partial charge in [0, 0.05) is 35.0 Å². The lowest BCUT2D eigenvalue weighted by Gasteiger charge is -2.36. The Morgan fingerprint density at radius 3 is 2.38 bits per heavy atom. The number of carboxylic acids is 1. The maximum absolute atomic E-state index is 14.0. The fraction of sp³-hybridized carbons (Fsp3) is 0.471. The van der Waals surface area contributed by atoms with Gasteiger partial charge in [0.1, 0.15) is 24.0 Å². The predicted octanol–water partition coefficient (Wildman–Crippen LogP) is 5.86. The second-order valence-electron chi connectivity index (χ2n) is 13.1. The first-order valence-electron chi connectivity index (χ1n) is 15.5. The monoisotopic (exact) mass is 620 g/mol. The van der Waals surface area contributed by atoms with Gasteiger partial charge in [-0.25, -0.2) is 14.0 Å². The minimum atomic E-state index is -1.07. The van der Waals surface area contributed by atoms with Gasteiger partial charge in [0.05, 0.1) is 6.04 Å². The van der Waals surface area contributed by atoms with Gasteiger partial charge in [-0.05, 0) is 88.6 Å². The largest absolute Gasteiger partial charge is 0.477 e. The van der Waals surface area contributed by atoms with Crippen LogP contribution in [0.3, 0.4) is 0 Å². The number of anilines is 1. The average molecular weight is 621 g/mol. The lowest BCUT2D eigenvalue weighted by molar-refractivity contribution is -0.141. The fourth-order valence-corrected chi connectivity index (χ4v) is 6.70. The number of rotatable bonds is 8. The molecule has 3 amide bonds. The van der Waals surface area contributed by atoms with Crippen LogP contribution in [-0.2, 0) is 14.3 Å². The van der Waals surface area contributed by atoms with Crippen molar-refractivity contribution in [2.75, 3.05) is 18.5 Å². The van der Waals surface area contributed by atoms with Crippen LogP contribution >= 0.6 is 0 Å². The quantitative estimate of drug-likeness (QED) is 0.249. The standard InChI is InChI=1S/C34H41FN4O6/c1-34(2,3)45-33(44)38-28(19-35)21-9-11-22(12-10-21)31(41)39-16-15-25(20-7-5-4-6-8-20)29(39)30(40)36-24-13-14-26-23(17-24)18-27(37-26)32(42)43/h4-8,13-14,17-18,21-22,25,28-29,37H,9-12,15-16,19H2,1-3H3,(H,36,40)(H,38,44)(H,42,43)/t21-,22-,25-,28+,29-/m0/s1. The Morgan fingerprint density at radius 1 is 1.02 bits per heavy atom. The highest BCUT2D eigenvalue weighted by Crippen LogP contribution is 2.39. The summed E-state index contributed by atoms with van der Waals surface area (Å²) in [6, 6.07) is 14.9. The number of halogens is 1. The third-order valence-electron chi connectivity index (χ3n) is 8.85. The summed E-state index contributed by atoms with van der Waals surface area (Å²) in [6.45, 7) is 4.96. The SMILES string of the molecule is CC(C)(C)OC(=O)N[C@H](CF)[C@H]1CC[C@H](C(=O)N2CC[C@@H](c3ccccc3)[C@H]2C(=O)Nc2ccc3[nH]c(C(=O)O)cc3c2)CC1. The molecular formula is C34H41FN4O6. The zero-order valence-corrected chi connectivity index (χ0v) is 25.8. The number of aromatic nitrogens is 1. The summed E-state index contributed by atoms with van der Waals surface area (Å²) in [4.78, 5) is 56.1. The number of amides is 3. The molecular weight excluding hydrogens is 579 g/mol. The Morgan fingerprint density at radius 2 is 1.73 bits per heavy atom. The molecule has 5 rings (SSSR count). The number of aromatic amines is 1. The van der Waals surface area contributed by atoms with E-state index in [1.165, 1.54) is 6.07 Å². The molecule has 0 bridgehead atoms.